The van der Waals surface area contributed by atoms with Crippen LogP contribution in [0.2, 0.25) is 0 Å². The van der Waals surface area contributed by atoms with E-state index in [1.54, 1.807) is 19.1 Å². The van der Waals surface area contributed by atoms with Crippen molar-refractivity contribution >= 4 is 0 Å². The molecule has 0 atom stereocenters. The van der Waals surface area contributed by atoms with Gasteiger partial charge in [0.2, 0.25) is 0 Å². The summed E-state index contributed by atoms with van der Waals surface area (Å²) in [6.45, 7) is 9.36. The van der Waals surface area contributed by atoms with Gasteiger partial charge in [-0.05, 0) is 55.2 Å². The number of allylic oxidation sites excluding steroid dienone is 2. The first-order chi connectivity index (χ1) is 11.1. The summed E-state index contributed by atoms with van der Waals surface area (Å²) in [5.74, 6) is 0.313. The summed E-state index contributed by atoms with van der Waals surface area (Å²) in [5.41, 5.74) is 3.35. The smallest absolute Gasteiger partial charge is 0.123 e. The molecule has 0 aromatic heterocycles. The van der Waals surface area contributed by atoms with Crippen LogP contribution in [-0.2, 0) is 12.8 Å². The van der Waals surface area contributed by atoms with Gasteiger partial charge in [-0.2, -0.15) is 0 Å². The lowest BCUT2D eigenvalue weighted by molar-refractivity contribution is 0.318. The highest BCUT2D eigenvalue weighted by Crippen LogP contribution is 2.36. The molecular weight excluding hydrogens is 288 g/mol. The van der Waals surface area contributed by atoms with Gasteiger partial charge in [0.05, 0.1) is 0 Å². The fraction of sp³-hybridized carbons (Fsp3) is 0.200. The molecular formula is C20H24O3. The topological polar surface area (TPSA) is 60.7 Å². The predicted octanol–water partition coefficient (Wildman–Crippen LogP) is 4.22. The van der Waals surface area contributed by atoms with E-state index in [0.717, 1.165) is 24.0 Å². The van der Waals surface area contributed by atoms with E-state index in [-0.39, 0.29) is 18.1 Å². The number of benzene rings is 2. The summed E-state index contributed by atoms with van der Waals surface area (Å²) in [6, 6.07) is 10.8. The lowest BCUT2D eigenvalue weighted by atomic mass is 9.97. The minimum atomic E-state index is 0.156. The third kappa shape index (κ3) is 5.31. The monoisotopic (exact) mass is 312 g/mol. The Hall–Kier alpha value is -2.52. The van der Waals surface area contributed by atoms with Crippen molar-refractivity contribution in [3.8, 4) is 22.6 Å². The first kappa shape index (κ1) is 18.5. The van der Waals surface area contributed by atoms with E-state index in [1.165, 1.54) is 0 Å². The van der Waals surface area contributed by atoms with Crippen molar-refractivity contribution in [3.05, 3.63) is 72.8 Å². The van der Waals surface area contributed by atoms with E-state index in [2.05, 4.69) is 13.2 Å². The van der Waals surface area contributed by atoms with Crippen LogP contribution in [0, 0.1) is 0 Å². The zero-order chi connectivity index (χ0) is 17.2. The number of aliphatic hydroxyl groups is 1. The Morgan fingerprint density at radius 3 is 1.48 bits per heavy atom. The summed E-state index contributed by atoms with van der Waals surface area (Å²) >= 11 is 0. The van der Waals surface area contributed by atoms with Gasteiger partial charge >= 0.3 is 0 Å². The highest BCUT2D eigenvalue weighted by atomic mass is 16.3. The Kier molecular flexibility index (Phi) is 7.64. The summed E-state index contributed by atoms with van der Waals surface area (Å²) in [6.07, 6.45) is 5.06. The molecule has 2 aromatic rings. The lowest BCUT2D eigenvalue weighted by Gasteiger charge is -2.10. The molecule has 0 aliphatic rings. The van der Waals surface area contributed by atoms with Crippen LogP contribution in [0.5, 0.6) is 11.5 Å². The molecule has 0 aliphatic heterocycles. The highest BCUT2D eigenvalue weighted by Gasteiger charge is 2.10. The highest BCUT2D eigenvalue weighted by molar-refractivity contribution is 5.76. The van der Waals surface area contributed by atoms with Crippen LogP contribution in [0.25, 0.3) is 11.1 Å². The molecule has 0 radical (unpaired) electrons. The van der Waals surface area contributed by atoms with Crippen LogP contribution in [0.3, 0.4) is 0 Å². The van der Waals surface area contributed by atoms with Crippen molar-refractivity contribution in [2.75, 3.05) is 6.61 Å². The Balaban J connectivity index is 0.000000816. The van der Waals surface area contributed by atoms with Crippen molar-refractivity contribution in [2.45, 2.75) is 19.8 Å². The fourth-order valence-corrected chi connectivity index (χ4v) is 2.19. The molecule has 3 nitrogen and oxygen atoms in total. The van der Waals surface area contributed by atoms with Crippen molar-refractivity contribution in [1.82, 2.24) is 0 Å². The quantitative estimate of drug-likeness (QED) is 0.724. The molecule has 0 amide bonds. The summed E-state index contributed by atoms with van der Waals surface area (Å²) < 4.78 is 0. The molecule has 0 unspecified atom stereocenters. The normalized spacial score (nSPS) is 9.65. The van der Waals surface area contributed by atoms with E-state index in [0.29, 0.717) is 11.1 Å². The van der Waals surface area contributed by atoms with Crippen LogP contribution in [0.1, 0.15) is 18.1 Å². The third-order valence-electron chi connectivity index (χ3n) is 3.17. The molecule has 3 N–H and O–H groups in total. The van der Waals surface area contributed by atoms with Gasteiger partial charge in [-0.3, -0.25) is 0 Å². The molecule has 0 bridgehead atoms. The minimum Gasteiger partial charge on any atom is -0.507 e. The molecule has 3 heteroatoms. The molecule has 2 rings (SSSR count). The number of phenols is 2. The van der Waals surface area contributed by atoms with Gasteiger partial charge in [0.25, 0.3) is 0 Å². The Labute approximate surface area is 137 Å². The third-order valence-corrected chi connectivity index (χ3v) is 3.17. The standard InChI is InChI=1S/C18H18O2.C2H6O/c1-3-5-13-7-9-17(19)15(11-13)16-12-14(6-4-2)8-10-18(16)20;1-2-3/h3-4,7-12,19-20H,1-2,5-6H2;3H,2H2,1H3. The molecule has 0 spiro atoms. The number of aromatic hydroxyl groups is 2. The zero-order valence-corrected chi connectivity index (χ0v) is 13.5. The first-order valence-corrected chi connectivity index (χ1v) is 7.54. The second kappa shape index (κ2) is 9.49. The van der Waals surface area contributed by atoms with Crippen LogP contribution in [0.15, 0.2) is 61.7 Å². The Morgan fingerprint density at radius 1 is 0.826 bits per heavy atom. The largest absolute Gasteiger partial charge is 0.507 e. The molecule has 0 heterocycles. The Bertz CT molecular complexity index is 602. The fourth-order valence-electron chi connectivity index (χ4n) is 2.19. The molecule has 2 aromatic carbocycles. The summed E-state index contributed by atoms with van der Waals surface area (Å²) in [7, 11) is 0. The van der Waals surface area contributed by atoms with Gasteiger partial charge in [-0.25, -0.2) is 0 Å². The Morgan fingerprint density at radius 2 is 1.17 bits per heavy atom. The van der Waals surface area contributed by atoms with E-state index in [9.17, 15) is 10.2 Å². The second-order valence-electron chi connectivity index (χ2n) is 5.00. The van der Waals surface area contributed by atoms with Gasteiger partial charge in [0, 0.05) is 17.7 Å². The second-order valence-corrected chi connectivity index (χ2v) is 5.00. The van der Waals surface area contributed by atoms with Gasteiger partial charge in [-0.1, -0.05) is 24.3 Å². The van der Waals surface area contributed by atoms with Crippen molar-refractivity contribution < 1.29 is 15.3 Å². The maximum absolute atomic E-state index is 10.0. The van der Waals surface area contributed by atoms with Crippen LogP contribution in [-0.4, -0.2) is 21.9 Å². The maximum atomic E-state index is 10.0. The number of hydrogen-bond donors (Lipinski definition) is 3. The van der Waals surface area contributed by atoms with Crippen LogP contribution in [0.4, 0.5) is 0 Å². The predicted molar refractivity (Wildman–Crippen MR) is 95.8 cm³/mol. The van der Waals surface area contributed by atoms with E-state index in [1.807, 2.05) is 36.4 Å². The number of phenolic OH excluding ortho intramolecular Hbond substituents is 2. The number of aliphatic hydroxyl groups excluding tert-OH is 1. The van der Waals surface area contributed by atoms with Crippen molar-refractivity contribution in [3.63, 3.8) is 0 Å². The van der Waals surface area contributed by atoms with Gasteiger partial charge in [0.15, 0.2) is 0 Å². The van der Waals surface area contributed by atoms with Crippen LogP contribution >= 0.6 is 0 Å². The van der Waals surface area contributed by atoms with E-state index in [4.69, 9.17) is 5.11 Å². The minimum absolute atomic E-state index is 0.156. The van der Waals surface area contributed by atoms with E-state index >= 15 is 0 Å². The van der Waals surface area contributed by atoms with Gasteiger partial charge < -0.3 is 15.3 Å². The van der Waals surface area contributed by atoms with Crippen molar-refractivity contribution in [2.24, 2.45) is 0 Å². The average molecular weight is 312 g/mol. The number of hydrogen-bond acceptors (Lipinski definition) is 3. The summed E-state index contributed by atoms with van der Waals surface area (Å²) in [5, 5.41) is 27.7. The van der Waals surface area contributed by atoms with Gasteiger partial charge in [0.1, 0.15) is 11.5 Å². The molecule has 23 heavy (non-hydrogen) atoms. The maximum Gasteiger partial charge on any atom is 0.123 e. The number of rotatable bonds is 5. The molecule has 0 aliphatic carbocycles. The lowest BCUT2D eigenvalue weighted by Crippen LogP contribution is -1.88. The SMILES string of the molecule is C=CCc1ccc(O)c(-c2cc(CC=C)ccc2O)c1.CCO. The molecule has 0 saturated carbocycles. The zero-order valence-electron chi connectivity index (χ0n) is 13.5. The van der Waals surface area contributed by atoms with Gasteiger partial charge in [-0.15, -0.1) is 13.2 Å². The molecule has 0 fully saturated rings. The molecule has 122 valence electrons. The first-order valence-electron chi connectivity index (χ1n) is 7.54. The van der Waals surface area contributed by atoms with E-state index < -0.39 is 0 Å². The molecule has 0 saturated heterocycles. The van der Waals surface area contributed by atoms with Crippen LogP contribution < -0.4 is 0 Å². The summed E-state index contributed by atoms with van der Waals surface area (Å²) in [4.78, 5) is 0. The van der Waals surface area contributed by atoms with Crippen molar-refractivity contribution in [1.29, 1.82) is 0 Å². The average Bonchev–Trinajstić information content (AvgIpc) is 2.53.